The van der Waals surface area contributed by atoms with Crippen molar-refractivity contribution < 1.29 is 14.6 Å². The van der Waals surface area contributed by atoms with Crippen LogP contribution in [0.1, 0.15) is 17.1 Å². The first kappa shape index (κ1) is 18.7. The average Bonchev–Trinajstić information content (AvgIpc) is 2.69. The van der Waals surface area contributed by atoms with Crippen molar-refractivity contribution in [2.24, 2.45) is 0 Å². The Bertz CT molecular complexity index is 957. The molecule has 0 aliphatic heterocycles. The summed E-state index contributed by atoms with van der Waals surface area (Å²) in [4.78, 5) is 13.7. The lowest BCUT2D eigenvalue weighted by atomic mass is 10.0. The van der Waals surface area contributed by atoms with Crippen LogP contribution in [-0.2, 0) is 19.4 Å². The molecule has 27 heavy (non-hydrogen) atoms. The molecule has 0 fully saturated rings. The van der Waals surface area contributed by atoms with Crippen LogP contribution in [0.4, 0.5) is 5.69 Å². The van der Waals surface area contributed by atoms with Crippen molar-refractivity contribution in [1.29, 1.82) is 0 Å². The number of benzene rings is 2. The largest absolute Gasteiger partial charge is 0.502 e. The fraction of sp³-hybridized carbons (Fsp3) is 0.227. The molecule has 140 valence electrons. The van der Waals surface area contributed by atoms with Crippen molar-refractivity contribution in [3.05, 3.63) is 81.9 Å². The number of aliphatic hydroxyl groups excluding tert-OH is 1. The third-order valence-corrected chi connectivity index (χ3v) is 4.51. The standard InChI is InChI=1S/C22H23NO4/c1-23(2)18-10-8-17(9-11-18)16-6-3-15(4-7-16)5-12-21-22(26)20(25)13-19(14-24)27-21/h3-4,6-11,13,24,26H,5,12,14H2,1-2H3. The van der Waals surface area contributed by atoms with Gasteiger partial charge in [-0.25, -0.2) is 0 Å². The molecule has 0 unspecified atom stereocenters. The predicted octanol–water partition coefficient (Wildman–Crippen LogP) is 3.36. The quantitative estimate of drug-likeness (QED) is 0.701. The van der Waals surface area contributed by atoms with Crippen molar-refractivity contribution in [3.8, 4) is 16.9 Å². The molecule has 3 aromatic rings. The van der Waals surface area contributed by atoms with Gasteiger partial charge in [0.2, 0.25) is 11.2 Å². The van der Waals surface area contributed by atoms with E-state index in [-0.39, 0.29) is 23.9 Å². The second-order valence-electron chi connectivity index (χ2n) is 6.65. The number of hydrogen-bond acceptors (Lipinski definition) is 5. The highest BCUT2D eigenvalue weighted by atomic mass is 16.4. The van der Waals surface area contributed by atoms with E-state index in [1.807, 2.05) is 26.2 Å². The minimum atomic E-state index is -0.531. The maximum absolute atomic E-state index is 11.7. The molecule has 0 radical (unpaired) electrons. The van der Waals surface area contributed by atoms with Crippen molar-refractivity contribution >= 4 is 5.69 Å². The molecule has 0 atom stereocenters. The molecule has 0 amide bonds. The number of aromatic hydroxyl groups is 1. The van der Waals surface area contributed by atoms with Gasteiger partial charge in [0.1, 0.15) is 18.1 Å². The zero-order valence-electron chi connectivity index (χ0n) is 15.5. The molecule has 5 heteroatoms. The van der Waals surface area contributed by atoms with Gasteiger partial charge >= 0.3 is 0 Å². The number of anilines is 1. The van der Waals surface area contributed by atoms with E-state index in [9.17, 15) is 9.90 Å². The van der Waals surface area contributed by atoms with Gasteiger partial charge in [0.15, 0.2) is 0 Å². The average molecular weight is 365 g/mol. The second-order valence-corrected chi connectivity index (χ2v) is 6.65. The molecule has 2 aromatic carbocycles. The number of aryl methyl sites for hydroxylation is 2. The van der Waals surface area contributed by atoms with E-state index in [0.29, 0.717) is 12.8 Å². The van der Waals surface area contributed by atoms with Crippen molar-refractivity contribution in [1.82, 2.24) is 0 Å². The molecular weight excluding hydrogens is 342 g/mol. The molecule has 1 aromatic heterocycles. The van der Waals surface area contributed by atoms with Gasteiger partial charge in [-0.3, -0.25) is 4.79 Å². The third-order valence-electron chi connectivity index (χ3n) is 4.51. The minimum absolute atomic E-state index is 0.157. The van der Waals surface area contributed by atoms with Crippen molar-refractivity contribution in [3.63, 3.8) is 0 Å². The Balaban J connectivity index is 1.71. The summed E-state index contributed by atoms with van der Waals surface area (Å²) in [7, 11) is 4.03. The van der Waals surface area contributed by atoms with E-state index in [1.165, 1.54) is 0 Å². The second kappa shape index (κ2) is 8.10. The number of aliphatic hydroxyl groups is 1. The highest BCUT2D eigenvalue weighted by Gasteiger charge is 2.11. The summed E-state index contributed by atoms with van der Waals surface area (Å²) in [5.74, 6) is -0.0241. The van der Waals surface area contributed by atoms with E-state index in [2.05, 4.69) is 41.3 Å². The van der Waals surface area contributed by atoms with Crippen LogP contribution in [0.3, 0.4) is 0 Å². The molecule has 0 bridgehead atoms. The third kappa shape index (κ3) is 4.38. The summed E-state index contributed by atoms with van der Waals surface area (Å²) < 4.78 is 5.38. The molecule has 0 saturated heterocycles. The summed E-state index contributed by atoms with van der Waals surface area (Å²) in [5.41, 5.74) is 3.96. The van der Waals surface area contributed by atoms with Crippen LogP contribution in [0.5, 0.6) is 5.75 Å². The lowest BCUT2D eigenvalue weighted by Gasteiger charge is -2.13. The van der Waals surface area contributed by atoms with Gasteiger partial charge in [-0.2, -0.15) is 0 Å². The Morgan fingerprint density at radius 2 is 1.52 bits per heavy atom. The van der Waals surface area contributed by atoms with Crippen molar-refractivity contribution in [2.45, 2.75) is 19.4 Å². The molecule has 0 aliphatic rings. The number of nitrogens with zero attached hydrogens (tertiary/aromatic N) is 1. The Morgan fingerprint density at radius 1 is 0.926 bits per heavy atom. The first-order valence-corrected chi connectivity index (χ1v) is 8.80. The smallest absolute Gasteiger partial charge is 0.227 e. The zero-order valence-corrected chi connectivity index (χ0v) is 15.5. The Labute approximate surface area is 158 Å². The van der Waals surface area contributed by atoms with E-state index in [1.54, 1.807) is 0 Å². The lowest BCUT2D eigenvalue weighted by molar-refractivity contribution is 0.235. The normalized spacial score (nSPS) is 10.8. The molecule has 1 heterocycles. The van der Waals surface area contributed by atoms with Crippen LogP contribution in [-0.4, -0.2) is 24.3 Å². The van der Waals surface area contributed by atoms with Gasteiger partial charge in [0, 0.05) is 32.3 Å². The maximum atomic E-state index is 11.7. The minimum Gasteiger partial charge on any atom is -0.502 e. The highest BCUT2D eigenvalue weighted by molar-refractivity contribution is 5.66. The van der Waals surface area contributed by atoms with Crippen LogP contribution in [0.25, 0.3) is 11.1 Å². The van der Waals surface area contributed by atoms with Crippen LogP contribution >= 0.6 is 0 Å². The summed E-state index contributed by atoms with van der Waals surface area (Å²) in [6.45, 7) is -0.371. The number of rotatable bonds is 6. The number of hydrogen-bond donors (Lipinski definition) is 2. The topological polar surface area (TPSA) is 73.9 Å². The zero-order chi connectivity index (χ0) is 19.4. The van der Waals surface area contributed by atoms with E-state index < -0.39 is 5.43 Å². The Hall–Kier alpha value is -3.05. The van der Waals surface area contributed by atoms with E-state index >= 15 is 0 Å². The van der Waals surface area contributed by atoms with E-state index in [0.717, 1.165) is 28.4 Å². The monoisotopic (exact) mass is 365 g/mol. The van der Waals surface area contributed by atoms with E-state index in [4.69, 9.17) is 9.52 Å². The van der Waals surface area contributed by atoms with Gasteiger partial charge in [0.25, 0.3) is 0 Å². The van der Waals surface area contributed by atoms with Gasteiger partial charge < -0.3 is 19.5 Å². The predicted molar refractivity (Wildman–Crippen MR) is 106 cm³/mol. The van der Waals surface area contributed by atoms with Gasteiger partial charge in [-0.15, -0.1) is 0 Å². The summed E-state index contributed by atoms with van der Waals surface area (Å²) in [6, 6.07) is 17.6. The summed E-state index contributed by atoms with van der Waals surface area (Å²) in [6.07, 6.45) is 0.997. The fourth-order valence-electron chi connectivity index (χ4n) is 2.91. The van der Waals surface area contributed by atoms with Gasteiger partial charge in [-0.05, 0) is 35.2 Å². The van der Waals surface area contributed by atoms with Crippen molar-refractivity contribution in [2.75, 3.05) is 19.0 Å². The van der Waals surface area contributed by atoms with Gasteiger partial charge in [-0.1, -0.05) is 36.4 Å². The SMILES string of the molecule is CN(C)c1ccc(-c2ccc(CCc3oc(CO)cc(=O)c3O)cc2)cc1. The Kier molecular flexibility index (Phi) is 5.62. The fourth-order valence-corrected chi connectivity index (χ4v) is 2.91. The molecule has 5 nitrogen and oxygen atoms in total. The molecule has 0 spiro atoms. The van der Waals surface area contributed by atoms with Gasteiger partial charge in [0.05, 0.1) is 0 Å². The molecule has 0 saturated carbocycles. The van der Waals surface area contributed by atoms with Crippen LogP contribution in [0, 0.1) is 0 Å². The van der Waals surface area contributed by atoms with Crippen LogP contribution in [0.2, 0.25) is 0 Å². The van der Waals surface area contributed by atoms with Crippen LogP contribution in [0.15, 0.2) is 63.8 Å². The first-order chi connectivity index (χ1) is 13.0. The summed E-state index contributed by atoms with van der Waals surface area (Å²) >= 11 is 0. The lowest BCUT2D eigenvalue weighted by Crippen LogP contribution is -2.07. The molecular formula is C22H23NO4. The molecule has 0 aliphatic carbocycles. The summed E-state index contributed by atoms with van der Waals surface area (Å²) in [5, 5.41) is 19.0. The molecule has 2 N–H and O–H groups in total. The van der Waals surface area contributed by atoms with Crippen LogP contribution < -0.4 is 10.3 Å². The Morgan fingerprint density at radius 3 is 2.07 bits per heavy atom. The molecule has 3 rings (SSSR count). The highest BCUT2D eigenvalue weighted by Crippen LogP contribution is 2.23. The maximum Gasteiger partial charge on any atom is 0.227 e. The first-order valence-electron chi connectivity index (χ1n) is 8.80.